The van der Waals surface area contributed by atoms with Crippen molar-refractivity contribution >= 4 is 17.2 Å². The Balaban J connectivity index is 1.78. The standard InChI is InChI=1S/C12H19N3OS/c1-2-10-7-14-11(17-10)8-15-12(16)9-3-5-13-6-4-9/h7,9,13H,2-6,8H2,1H3,(H,15,16). The van der Waals surface area contributed by atoms with Gasteiger partial charge in [0.25, 0.3) is 0 Å². The van der Waals surface area contributed by atoms with E-state index >= 15 is 0 Å². The molecule has 0 bridgehead atoms. The van der Waals surface area contributed by atoms with Gasteiger partial charge in [-0.25, -0.2) is 4.98 Å². The lowest BCUT2D eigenvalue weighted by molar-refractivity contribution is -0.125. The molecule has 1 saturated heterocycles. The molecule has 1 aliphatic heterocycles. The normalized spacial score (nSPS) is 17.0. The zero-order chi connectivity index (χ0) is 12.1. The number of hydrogen-bond donors (Lipinski definition) is 2. The molecule has 0 saturated carbocycles. The van der Waals surface area contributed by atoms with E-state index in [0.717, 1.165) is 37.4 Å². The summed E-state index contributed by atoms with van der Waals surface area (Å²) in [5, 5.41) is 7.26. The summed E-state index contributed by atoms with van der Waals surface area (Å²) in [6, 6.07) is 0. The van der Waals surface area contributed by atoms with Crippen molar-refractivity contribution in [2.24, 2.45) is 5.92 Å². The van der Waals surface area contributed by atoms with Crippen molar-refractivity contribution in [3.05, 3.63) is 16.1 Å². The molecule has 0 aromatic carbocycles. The van der Waals surface area contributed by atoms with E-state index in [1.54, 1.807) is 11.3 Å². The maximum absolute atomic E-state index is 11.9. The van der Waals surface area contributed by atoms with Gasteiger partial charge in [0.15, 0.2) is 0 Å². The van der Waals surface area contributed by atoms with Gasteiger partial charge in [0.1, 0.15) is 5.01 Å². The Kier molecular flexibility index (Phi) is 4.50. The third-order valence-corrected chi connectivity index (χ3v) is 4.22. The van der Waals surface area contributed by atoms with Gasteiger partial charge >= 0.3 is 0 Å². The predicted octanol–water partition coefficient (Wildman–Crippen LogP) is 1.32. The maximum atomic E-state index is 11.9. The number of rotatable bonds is 4. The van der Waals surface area contributed by atoms with Crippen LogP contribution in [0.1, 0.15) is 29.7 Å². The van der Waals surface area contributed by atoms with E-state index in [9.17, 15) is 4.79 Å². The third-order valence-electron chi connectivity index (χ3n) is 3.07. The number of carbonyl (C=O) groups excluding carboxylic acids is 1. The lowest BCUT2D eigenvalue weighted by Crippen LogP contribution is -2.37. The minimum absolute atomic E-state index is 0.180. The van der Waals surface area contributed by atoms with Crippen molar-refractivity contribution in [2.45, 2.75) is 32.7 Å². The molecule has 4 nitrogen and oxygen atoms in total. The summed E-state index contributed by atoms with van der Waals surface area (Å²) < 4.78 is 0. The molecule has 0 spiro atoms. The highest BCUT2D eigenvalue weighted by atomic mass is 32.1. The SMILES string of the molecule is CCc1cnc(CNC(=O)C2CCNCC2)s1. The second kappa shape index (κ2) is 6.12. The highest BCUT2D eigenvalue weighted by Gasteiger charge is 2.20. The van der Waals surface area contributed by atoms with E-state index in [-0.39, 0.29) is 11.8 Å². The smallest absolute Gasteiger partial charge is 0.223 e. The summed E-state index contributed by atoms with van der Waals surface area (Å²) in [5.41, 5.74) is 0. The Morgan fingerprint density at radius 3 is 3.00 bits per heavy atom. The fourth-order valence-electron chi connectivity index (χ4n) is 1.98. The van der Waals surface area contributed by atoms with Gasteiger partial charge in [0, 0.05) is 17.0 Å². The van der Waals surface area contributed by atoms with E-state index in [0.29, 0.717) is 6.54 Å². The zero-order valence-corrected chi connectivity index (χ0v) is 11.0. The number of nitrogens with zero attached hydrogens (tertiary/aromatic N) is 1. The first-order valence-electron chi connectivity index (χ1n) is 6.21. The molecule has 94 valence electrons. The van der Waals surface area contributed by atoms with E-state index in [1.807, 2.05) is 6.20 Å². The van der Waals surface area contributed by atoms with Crippen molar-refractivity contribution in [1.29, 1.82) is 0 Å². The van der Waals surface area contributed by atoms with Crippen molar-refractivity contribution < 1.29 is 4.79 Å². The van der Waals surface area contributed by atoms with Gasteiger partial charge in [-0.15, -0.1) is 11.3 Å². The van der Waals surface area contributed by atoms with Crippen LogP contribution in [0.4, 0.5) is 0 Å². The fourth-order valence-corrected chi connectivity index (χ4v) is 2.79. The summed E-state index contributed by atoms with van der Waals surface area (Å²) in [6.45, 7) is 4.60. The first kappa shape index (κ1) is 12.5. The van der Waals surface area contributed by atoms with Crippen molar-refractivity contribution in [1.82, 2.24) is 15.6 Å². The number of aryl methyl sites for hydroxylation is 1. The Hall–Kier alpha value is -0.940. The third kappa shape index (κ3) is 3.51. The van der Waals surface area contributed by atoms with Gasteiger partial charge in [0.05, 0.1) is 6.54 Å². The summed E-state index contributed by atoms with van der Waals surface area (Å²) in [6.07, 6.45) is 4.81. The summed E-state index contributed by atoms with van der Waals surface area (Å²) in [7, 11) is 0. The zero-order valence-electron chi connectivity index (χ0n) is 10.2. The van der Waals surface area contributed by atoms with Crippen LogP contribution in [0.5, 0.6) is 0 Å². The molecule has 17 heavy (non-hydrogen) atoms. The molecule has 1 aliphatic rings. The van der Waals surface area contributed by atoms with Crippen molar-refractivity contribution in [3.8, 4) is 0 Å². The minimum Gasteiger partial charge on any atom is -0.349 e. The average Bonchev–Trinajstić information content (AvgIpc) is 2.85. The fraction of sp³-hybridized carbons (Fsp3) is 0.667. The van der Waals surface area contributed by atoms with E-state index < -0.39 is 0 Å². The lowest BCUT2D eigenvalue weighted by Gasteiger charge is -2.21. The van der Waals surface area contributed by atoms with Crippen LogP contribution in [0.25, 0.3) is 0 Å². The Labute approximate surface area is 106 Å². The number of piperidine rings is 1. The van der Waals surface area contributed by atoms with Gasteiger partial charge in [0.2, 0.25) is 5.91 Å². The Bertz CT molecular complexity index is 372. The molecule has 2 heterocycles. The van der Waals surface area contributed by atoms with E-state index in [2.05, 4.69) is 22.5 Å². The largest absolute Gasteiger partial charge is 0.349 e. The van der Waals surface area contributed by atoms with Gasteiger partial charge in [-0.3, -0.25) is 4.79 Å². The van der Waals surface area contributed by atoms with Crippen LogP contribution in [0.15, 0.2) is 6.20 Å². The molecule has 1 fully saturated rings. The molecular formula is C12H19N3OS. The first-order chi connectivity index (χ1) is 8.29. The van der Waals surface area contributed by atoms with Crippen LogP contribution >= 0.6 is 11.3 Å². The molecule has 0 aliphatic carbocycles. The molecule has 2 N–H and O–H groups in total. The molecule has 5 heteroatoms. The number of nitrogens with one attached hydrogen (secondary N) is 2. The predicted molar refractivity (Wildman–Crippen MR) is 68.9 cm³/mol. The van der Waals surface area contributed by atoms with Crippen molar-refractivity contribution in [2.75, 3.05) is 13.1 Å². The van der Waals surface area contributed by atoms with E-state index in [4.69, 9.17) is 0 Å². The minimum atomic E-state index is 0.180. The van der Waals surface area contributed by atoms with Crippen molar-refractivity contribution in [3.63, 3.8) is 0 Å². The average molecular weight is 253 g/mol. The van der Waals surface area contributed by atoms with Gasteiger partial charge in [-0.2, -0.15) is 0 Å². The van der Waals surface area contributed by atoms with Gasteiger partial charge < -0.3 is 10.6 Å². The highest BCUT2D eigenvalue weighted by molar-refractivity contribution is 7.11. The number of carbonyl (C=O) groups is 1. The molecule has 1 aromatic heterocycles. The molecule has 1 aromatic rings. The van der Waals surface area contributed by atoms with Crippen LogP contribution in [0, 0.1) is 5.92 Å². The molecule has 0 radical (unpaired) electrons. The summed E-state index contributed by atoms with van der Waals surface area (Å²) in [5.74, 6) is 0.363. The second-order valence-corrected chi connectivity index (χ2v) is 5.52. The molecule has 2 rings (SSSR count). The lowest BCUT2D eigenvalue weighted by atomic mass is 9.97. The quantitative estimate of drug-likeness (QED) is 0.851. The Morgan fingerprint density at radius 2 is 2.35 bits per heavy atom. The first-order valence-corrected chi connectivity index (χ1v) is 7.03. The van der Waals surface area contributed by atoms with Crippen LogP contribution in [0.2, 0.25) is 0 Å². The van der Waals surface area contributed by atoms with Crippen LogP contribution < -0.4 is 10.6 Å². The maximum Gasteiger partial charge on any atom is 0.223 e. The number of aromatic nitrogens is 1. The molecule has 1 amide bonds. The van der Waals surface area contributed by atoms with E-state index in [1.165, 1.54) is 4.88 Å². The highest BCUT2D eigenvalue weighted by Crippen LogP contribution is 2.14. The van der Waals surface area contributed by atoms with Crippen LogP contribution in [-0.4, -0.2) is 24.0 Å². The second-order valence-electron chi connectivity index (χ2n) is 4.32. The molecule has 0 unspecified atom stereocenters. The van der Waals surface area contributed by atoms with Crippen LogP contribution in [-0.2, 0) is 17.8 Å². The Morgan fingerprint density at radius 1 is 1.59 bits per heavy atom. The summed E-state index contributed by atoms with van der Waals surface area (Å²) in [4.78, 5) is 17.5. The van der Waals surface area contributed by atoms with Gasteiger partial charge in [-0.1, -0.05) is 6.92 Å². The number of hydrogen-bond acceptors (Lipinski definition) is 4. The molecular weight excluding hydrogens is 234 g/mol. The van der Waals surface area contributed by atoms with Crippen LogP contribution in [0.3, 0.4) is 0 Å². The number of thiazole rings is 1. The topological polar surface area (TPSA) is 54.0 Å². The number of amides is 1. The monoisotopic (exact) mass is 253 g/mol. The summed E-state index contributed by atoms with van der Waals surface area (Å²) >= 11 is 1.68. The molecule has 0 atom stereocenters. The van der Waals surface area contributed by atoms with Gasteiger partial charge in [-0.05, 0) is 32.4 Å².